The molecule has 4 saturated carbocycles. The van der Waals surface area contributed by atoms with Gasteiger partial charge in [0, 0.05) is 92.3 Å². The number of fused-ring (bicyclic) bond motifs is 2. The minimum atomic E-state index is -1.30. The van der Waals surface area contributed by atoms with Crippen molar-refractivity contribution in [1.82, 2.24) is 40.2 Å². The first-order valence-corrected chi connectivity index (χ1v) is 36.1. The first-order chi connectivity index (χ1) is 49.1. The van der Waals surface area contributed by atoms with Crippen LogP contribution in [-0.4, -0.2) is 156 Å². The third kappa shape index (κ3) is 17.3. The lowest BCUT2D eigenvalue weighted by Gasteiger charge is -2.69. The number of imide groups is 2. The van der Waals surface area contributed by atoms with Crippen LogP contribution in [0.25, 0.3) is 21.3 Å². The SMILES string of the molecule is Cc1c(-c2ccc(N3CCc4cccc(C(=O)Nc5nc6ccccc6s5)c4C3)nc2C(=O)O)cnn1CC12CC3(C)CC(C)(C1)CC(OCCN(CCCC(=O)O)C(=O)OCc1ccc(N(C(N)=O)[C@@H](CCCN)C(=O)NC(=O)[C@@H](NC(=O)CCCCCN4C(=O)C=CC4=O)C(C)C)cc1)(C3)C2. The van der Waals surface area contributed by atoms with Gasteiger partial charge in [0.15, 0.2) is 10.8 Å². The third-order valence-corrected chi connectivity index (χ3v) is 21.6. The fraction of sp³-hybridized carbons (Fsp3) is 0.480. The van der Waals surface area contributed by atoms with Crippen molar-refractivity contribution < 1.29 is 67.6 Å². The molecule has 2 aliphatic heterocycles. The Morgan fingerprint density at radius 2 is 1.52 bits per heavy atom. The maximum absolute atomic E-state index is 14.1. The number of hydrogen-bond donors (Lipinski definition) is 7. The Labute approximate surface area is 601 Å². The smallest absolute Gasteiger partial charge is 0.410 e. The van der Waals surface area contributed by atoms with E-state index in [4.69, 9.17) is 31.0 Å². The van der Waals surface area contributed by atoms with Gasteiger partial charge in [-0.2, -0.15) is 5.10 Å². The number of unbranched alkanes of at least 4 members (excludes halogenated alkanes) is 2. The summed E-state index contributed by atoms with van der Waals surface area (Å²) in [6.45, 7) is 11.9. The topological polar surface area (TPSA) is 374 Å². The van der Waals surface area contributed by atoms with Gasteiger partial charge < -0.3 is 46.3 Å². The summed E-state index contributed by atoms with van der Waals surface area (Å²) in [4.78, 5) is 146. The lowest BCUT2D eigenvalue weighted by molar-refractivity contribution is -0.248. The fourth-order valence-corrected chi connectivity index (χ4v) is 18.0. The number of carboxylic acids is 2. The van der Waals surface area contributed by atoms with Crippen LogP contribution in [0.4, 0.5) is 26.2 Å². The molecule has 9 N–H and O–H groups in total. The number of aliphatic carboxylic acids is 1. The van der Waals surface area contributed by atoms with Gasteiger partial charge in [-0.1, -0.05) is 81.9 Å². The third-order valence-electron chi connectivity index (χ3n) is 20.6. The van der Waals surface area contributed by atoms with Crippen LogP contribution >= 0.6 is 11.3 Å². The molecule has 3 aromatic heterocycles. The van der Waals surface area contributed by atoms with Gasteiger partial charge >= 0.3 is 24.1 Å². The number of carbonyl (C=O) groups excluding carboxylic acids is 8. The molecule has 27 nitrogen and oxygen atoms in total. The van der Waals surface area contributed by atoms with Gasteiger partial charge in [-0.15, -0.1) is 0 Å². The number of nitrogens with zero attached hydrogens (tertiary/aromatic N) is 8. The number of amides is 9. The Hall–Kier alpha value is -9.93. The van der Waals surface area contributed by atoms with E-state index < -0.39 is 65.4 Å². The van der Waals surface area contributed by atoms with E-state index in [1.807, 2.05) is 59.0 Å². The lowest BCUT2D eigenvalue weighted by atomic mass is 9.39. The Bertz CT molecular complexity index is 4210. The molecule has 3 aromatic carbocycles. The van der Waals surface area contributed by atoms with Gasteiger partial charge in [-0.3, -0.25) is 58.7 Å². The number of nitrogens with one attached hydrogen (secondary N) is 3. The van der Waals surface area contributed by atoms with Crippen LogP contribution in [0.3, 0.4) is 0 Å². The van der Waals surface area contributed by atoms with Crippen LogP contribution in [-0.2, 0) is 64.4 Å². The second-order valence-electron chi connectivity index (χ2n) is 29.4. The number of hydrogen-bond acceptors (Lipinski definition) is 18. The van der Waals surface area contributed by atoms with Crippen molar-refractivity contribution in [3.63, 3.8) is 0 Å². The molecule has 4 fully saturated rings. The molecule has 28 heteroatoms. The van der Waals surface area contributed by atoms with Gasteiger partial charge in [0.25, 0.3) is 17.7 Å². The maximum Gasteiger partial charge on any atom is 0.410 e. The van der Waals surface area contributed by atoms with E-state index in [1.165, 1.54) is 40.5 Å². The van der Waals surface area contributed by atoms with Crippen LogP contribution in [0.1, 0.15) is 161 Å². The number of carboxylic acid groups (broad SMARTS) is 2. The molecule has 103 heavy (non-hydrogen) atoms. The van der Waals surface area contributed by atoms with E-state index in [1.54, 1.807) is 44.3 Å². The molecule has 4 aliphatic carbocycles. The van der Waals surface area contributed by atoms with Crippen molar-refractivity contribution in [3.05, 3.63) is 131 Å². The number of aromatic carboxylic acids is 1. The second kappa shape index (κ2) is 31.3. The van der Waals surface area contributed by atoms with Gasteiger partial charge in [0.2, 0.25) is 17.7 Å². The Morgan fingerprint density at radius 3 is 2.21 bits per heavy atom. The number of pyridine rings is 1. The molecule has 2 unspecified atom stereocenters. The number of carbonyl (C=O) groups is 10. The van der Waals surface area contributed by atoms with Gasteiger partial charge in [-0.05, 0) is 172 Å². The molecular formula is C75H91N13O14S. The lowest BCUT2D eigenvalue weighted by Crippen LogP contribution is -2.64. The number of nitrogens with two attached hydrogens (primary N) is 2. The van der Waals surface area contributed by atoms with Crippen molar-refractivity contribution in [3.8, 4) is 11.1 Å². The van der Waals surface area contributed by atoms with E-state index in [0.717, 1.165) is 75.4 Å². The molecule has 546 valence electrons. The van der Waals surface area contributed by atoms with Gasteiger partial charge in [0.1, 0.15) is 24.5 Å². The molecule has 9 amide bonds. The van der Waals surface area contributed by atoms with E-state index >= 15 is 0 Å². The van der Waals surface area contributed by atoms with Crippen molar-refractivity contribution in [2.24, 2.45) is 33.6 Å². The van der Waals surface area contributed by atoms with E-state index in [-0.39, 0.29) is 117 Å². The first-order valence-electron chi connectivity index (χ1n) is 35.3. The zero-order valence-electron chi connectivity index (χ0n) is 58.9. The van der Waals surface area contributed by atoms with Crippen molar-refractivity contribution in [2.75, 3.05) is 54.4 Å². The summed E-state index contributed by atoms with van der Waals surface area (Å²) in [5.41, 5.74) is 16.5. The number of ether oxygens (including phenoxy) is 2. The van der Waals surface area contributed by atoms with Crippen molar-refractivity contribution in [2.45, 2.75) is 168 Å². The fourth-order valence-electron chi connectivity index (χ4n) is 17.1. The van der Waals surface area contributed by atoms with Crippen LogP contribution in [0, 0.1) is 29.1 Å². The largest absolute Gasteiger partial charge is 0.481 e. The average Bonchev–Trinajstić information content (AvgIpc) is 0.753. The van der Waals surface area contributed by atoms with E-state index in [2.05, 4.69) is 34.8 Å². The van der Waals surface area contributed by atoms with Crippen molar-refractivity contribution >= 4 is 97.7 Å². The number of aromatic nitrogens is 4. The highest BCUT2D eigenvalue weighted by atomic mass is 32.1. The normalized spacial score (nSPS) is 20.8. The summed E-state index contributed by atoms with van der Waals surface area (Å²) < 4.78 is 15.9. The zero-order chi connectivity index (χ0) is 73.5. The standard InChI is InChI=1S/C75H91N13O14S/c1-46(2)63(81-59(89)19-7-6-10-32-86-60(90)27-28-61(86)91)67(96)82-66(95)56(17-12-30-76)88(69(77)99)50-23-21-48(22-24-50)38-101-71(100)84(31-13-20-62(92)93)34-35-102-75-42-72(4)39-73(5,43-75)41-74(40-72,44-75)45-87-47(3)53(36-78-87)51-25-26-58(80-64(51)68(97)98)85-33-29-49-14-11-15-52(54(49)37-85)65(94)83-70-79-55-16-8-9-18-57(55)103-70/h8-9,11,14-16,18,21-28,36,46,56,63H,6-7,10,12-13,17,19-20,29-35,37-45,76H2,1-5H3,(H2,77,99)(H,81,89)(H,92,93)(H,97,98)(H,79,83,94)(H,82,95,96)/t56-,63-,72?,73?,74?,75?/m0/s1. The summed E-state index contributed by atoms with van der Waals surface area (Å²) in [6.07, 6.45) is 11.0. The molecule has 6 aromatic rings. The molecule has 0 saturated heterocycles. The molecule has 4 atom stereocenters. The molecule has 0 spiro atoms. The van der Waals surface area contributed by atoms with Crippen LogP contribution in [0.15, 0.2) is 97.2 Å². The van der Waals surface area contributed by atoms with Gasteiger partial charge in [0.05, 0.1) is 28.6 Å². The predicted molar refractivity (Wildman–Crippen MR) is 384 cm³/mol. The van der Waals surface area contributed by atoms with Crippen LogP contribution < -0.4 is 37.2 Å². The molecule has 6 aliphatic rings. The predicted octanol–water partition coefficient (Wildman–Crippen LogP) is 9.28. The van der Waals surface area contributed by atoms with Crippen molar-refractivity contribution in [1.29, 1.82) is 0 Å². The maximum atomic E-state index is 14.1. The van der Waals surface area contributed by atoms with Crippen LogP contribution in [0.2, 0.25) is 0 Å². The van der Waals surface area contributed by atoms with Gasteiger partial charge in [-0.25, -0.2) is 24.4 Å². The highest BCUT2D eigenvalue weighted by Gasteiger charge is 2.66. The number of benzene rings is 3. The molecular weight excluding hydrogens is 1340 g/mol. The summed E-state index contributed by atoms with van der Waals surface area (Å²) in [6, 6.07) is 19.8. The number of anilines is 3. The second-order valence-corrected chi connectivity index (χ2v) is 30.4. The molecule has 5 heterocycles. The zero-order valence-corrected chi connectivity index (χ0v) is 59.7. The number of rotatable bonds is 32. The van der Waals surface area contributed by atoms with E-state index in [0.29, 0.717) is 78.5 Å². The highest BCUT2D eigenvalue weighted by molar-refractivity contribution is 7.22. The summed E-state index contributed by atoms with van der Waals surface area (Å²) in [7, 11) is 0. The minimum absolute atomic E-state index is 0.0154. The quantitative estimate of drug-likeness (QED) is 0.0153. The van der Waals surface area contributed by atoms with E-state index in [9.17, 15) is 58.2 Å². The monoisotopic (exact) mass is 1430 g/mol. The summed E-state index contributed by atoms with van der Waals surface area (Å²) >= 11 is 1.40. The highest BCUT2D eigenvalue weighted by Crippen LogP contribution is 2.72. The number of thiazole rings is 1. The summed E-state index contributed by atoms with van der Waals surface area (Å²) in [5, 5.41) is 33.9. The minimum Gasteiger partial charge on any atom is -0.481 e. The Balaban J connectivity index is 0.709. The number of para-hydroxylation sites is 1. The average molecular weight is 1430 g/mol. The number of primary amides is 1. The Morgan fingerprint density at radius 1 is 0.786 bits per heavy atom. The molecule has 4 bridgehead atoms. The summed E-state index contributed by atoms with van der Waals surface area (Å²) in [5.74, 6) is -5.30. The Kier molecular flexibility index (Phi) is 22.6. The van der Waals surface area contributed by atoms with Crippen LogP contribution in [0.5, 0.6) is 0 Å². The number of urea groups is 1. The molecule has 0 radical (unpaired) electrons. The molecule has 12 rings (SSSR count). The first kappa shape index (κ1) is 74.3.